The SMILES string of the molecule is c1csc(-c2nc(CN3CCOC(c4nccs4)C3)co2)c1. The van der Waals surface area contributed by atoms with Gasteiger partial charge in [-0.1, -0.05) is 6.07 Å². The number of thiazole rings is 1. The molecule has 3 aromatic rings. The number of hydrogen-bond acceptors (Lipinski definition) is 7. The molecule has 1 saturated heterocycles. The van der Waals surface area contributed by atoms with E-state index >= 15 is 0 Å². The first-order valence-corrected chi connectivity index (χ1v) is 8.86. The maximum Gasteiger partial charge on any atom is 0.236 e. The highest BCUT2D eigenvalue weighted by Crippen LogP contribution is 2.26. The van der Waals surface area contributed by atoms with Gasteiger partial charge in [-0.05, 0) is 11.4 Å². The fraction of sp³-hybridized carbons (Fsp3) is 0.333. The highest BCUT2D eigenvalue weighted by Gasteiger charge is 2.24. The number of nitrogens with zero attached hydrogens (tertiary/aromatic N) is 3. The van der Waals surface area contributed by atoms with Gasteiger partial charge in [0.25, 0.3) is 0 Å². The van der Waals surface area contributed by atoms with E-state index in [-0.39, 0.29) is 6.10 Å². The van der Waals surface area contributed by atoms with Crippen LogP contribution in [-0.2, 0) is 11.3 Å². The van der Waals surface area contributed by atoms with Crippen LogP contribution in [-0.4, -0.2) is 34.6 Å². The molecule has 114 valence electrons. The van der Waals surface area contributed by atoms with Gasteiger partial charge in [-0.3, -0.25) is 4.90 Å². The third-order valence-corrected chi connectivity index (χ3v) is 5.27. The molecule has 1 atom stereocenters. The lowest BCUT2D eigenvalue weighted by Gasteiger charge is -2.31. The summed E-state index contributed by atoms with van der Waals surface area (Å²) in [6.07, 6.45) is 3.65. The highest BCUT2D eigenvalue weighted by molar-refractivity contribution is 7.13. The summed E-state index contributed by atoms with van der Waals surface area (Å²) in [5.74, 6) is 0.703. The van der Waals surface area contributed by atoms with Crippen molar-refractivity contribution in [3.05, 3.63) is 46.1 Å². The van der Waals surface area contributed by atoms with Crippen LogP contribution in [0.2, 0.25) is 0 Å². The van der Waals surface area contributed by atoms with Gasteiger partial charge in [-0.15, -0.1) is 22.7 Å². The van der Waals surface area contributed by atoms with Gasteiger partial charge in [0.05, 0.1) is 17.2 Å². The second-order valence-electron chi connectivity index (χ2n) is 5.09. The molecule has 0 spiro atoms. The van der Waals surface area contributed by atoms with Crippen LogP contribution in [0.3, 0.4) is 0 Å². The van der Waals surface area contributed by atoms with E-state index < -0.39 is 0 Å². The normalized spacial score (nSPS) is 19.5. The van der Waals surface area contributed by atoms with E-state index in [1.54, 1.807) is 28.9 Å². The Morgan fingerprint density at radius 1 is 1.32 bits per heavy atom. The van der Waals surface area contributed by atoms with E-state index in [9.17, 15) is 0 Å². The Morgan fingerprint density at radius 2 is 2.32 bits per heavy atom. The van der Waals surface area contributed by atoms with Crippen LogP contribution in [0.4, 0.5) is 0 Å². The van der Waals surface area contributed by atoms with E-state index in [1.165, 1.54) is 0 Å². The van der Waals surface area contributed by atoms with Gasteiger partial charge >= 0.3 is 0 Å². The molecule has 1 aliphatic heterocycles. The molecule has 1 aliphatic rings. The van der Waals surface area contributed by atoms with Crippen molar-refractivity contribution in [3.63, 3.8) is 0 Å². The predicted octanol–water partition coefficient (Wildman–Crippen LogP) is 3.43. The molecular weight excluding hydrogens is 318 g/mol. The lowest BCUT2D eigenvalue weighted by molar-refractivity contribution is -0.0333. The van der Waals surface area contributed by atoms with Gasteiger partial charge in [-0.2, -0.15) is 0 Å². The largest absolute Gasteiger partial charge is 0.444 e. The Balaban J connectivity index is 1.43. The maximum atomic E-state index is 5.82. The number of oxazole rings is 1. The summed E-state index contributed by atoms with van der Waals surface area (Å²) in [4.78, 5) is 12.3. The summed E-state index contributed by atoms with van der Waals surface area (Å²) in [7, 11) is 0. The third kappa shape index (κ3) is 2.98. The van der Waals surface area contributed by atoms with Crippen molar-refractivity contribution in [3.8, 4) is 10.8 Å². The molecule has 4 heterocycles. The fourth-order valence-electron chi connectivity index (χ4n) is 2.51. The maximum absolute atomic E-state index is 5.82. The number of ether oxygens (including phenoxy) is 1. The van der Waals surface area contributed by atoms with Crippen molar-refractivity contribution in [1.82, 2.24) is 14.9 Å². The molecule has 7 heteroatoms. The molecule has 0 N–H and O–H groups in total. The van der Waals surface area contributed by atoms with Crippen LogP contribution in [0.15, 0.2) is 39.8 Å². The lowest BCUT2D eigenvalue weighted by Crippen LogP contribution is -2.37. The van der Waals surface area contributed by atoms with E-state index in [1.807, 2.05) is 29.1 Å². The van der Waals surface area contributed by atoms with Crippen LogP contribution in [0.1, 0.15) is 16.8 Å². The zero-order valence-electron chi connectivity index (χ0n) is 11.8. The van der Waals surface area contributed by atoms with E-state index in [2.05, 4.69) is 14.9 Å². The number of thiophene rings is 1. The molecular formula is C15H15N3O2S2. The summed E-state index contributed by atoms with van der Waals surface area (Å²) in [6.45, 7) is 3.25. The number of rotatable bonds is 4. The Morgan fingerprint density at radius 3 is 3.14 bits per heavy atom. The second-order valence-corrected chi connectivity index (χ2v) is 6.96. The quantitative estimate of drug-likeness (QED) is 0.732. The van der Waals surface area contributed by atoms with Crippen molar-refractivity contribution in [1.29, 1.82) is 0 Å². The summed E-state index contributed by atoms with van der Waals surface area (Å²) < 4.78 is 11.4. The summed E-state index contributed by atoms with van der Waals surface area (Å²) in [5, 5.41) is 5.06. The zero-order valence-corrected chi connectivity index (χ0v) is 13.5. The van der Waals surface area contributed by atoms with Crippen LogP contribution in [0.25, 0.3) is 10.8 Å². The van der Waals surface area contributed by atoms with Gasteiger partial charge in [0.15, 0.2) is 0 Å². The van der Waals surface area contributed by atoms with Crippen molar-refractivity contribution >= 4 is 22.7 Å². The van der Waals surface area contributed by atoms with Crippen molar-refractivity contribution in [2.45, 2.75) is 12.6 Å². The summed E-state index contributed by atoms with van der Waals surface area (Å²) in [6, 6.07) is 4.03. The number of aromatic nitrogens is 2. The van der Waals surface area contributed by atoms with Crippen LogP contribution in [0, 0.1) is 0 Å². The minimum atomic E-state index is 0.0671. The molecule has 1 unspecified atom stereocenters. The summed E-state index contributed by atoms with van der Waals surface area (Å²) >= 11 is 3.28. The first-order valence-electron chi connectivity index (χ1n) is 7.10. The summed E-state index contributed by atoms with van der Waals surface area (Å²) in [5.41, 5.74) is 0.961. The lowest BCUT2D eigenvalue weighted by atomic mass is 10.2. The third-order valence-electron chi connectivity index (χ3n) is 3.55. The Kier molecular flexibility index (Phi) is 4.03. The van der Waals surface area contributed by atoms with Gasteiger partial charge in [0.2, 0.25) is 5.89 Å². The standard InChI is InChI=1S/C15H15N3O2S2/c1-2-13(21-6-1)14-17-11(10-20-14)8-18-4-5-19-12(9-18)15-16-3-7-22-15/h1-3,6-7,10,12H,4-5,8-9H2. The molecule has 0 aliphatic carbocycles. The van der Waals surface area contributed by atoms with Gasteiger partial charge < -0.3 is 9.15 Å². The molecule has 0 bridgehead atoms. The monoisotopic (exact) mass is 333 g/mol. The van der Waals surface area contributed by atoms with Gasteiger partial charge in [-0.25, -0.2) is 9.97 Å². The van der Waals surface area contributed by atoms with Crippen LogP contribution < -0.4 is 0 Å². The molecule has 1 fully saturated rings. The number of morpholine rings is 1. The highest BCUT2D eigenvalue weighted by atomic mass is 32.1. The van der Waals surface area contributed by atoms with Crippen molar-refractivity contribution < 1.29 is 9.15 Å². The first-order chi connectivity index (χ1) is 10.9. The van der Waals surface area contributed by atoms with Gasteiger partial charge in [0.1, 0.15) is 17.4 Å². The van der Waals surface area contributed by atoms with Crippen molar-refractivity contribution in [2.75, 3.05) is 19.7 Å². The smallest absolute Gasteiger partial charge is 0.236 e. The van der Waals surface area contributed by atoms with E-state index in [0.717, 1.165) is 41.8 Å². The average Bonchev–Trinajstić information content (AvgIpc) is 3.29. The zero-order chi connectivity index (χ0) is 14.8. The minimum Gasteiger partial charge on any atom is -0.444 e. The molecule has 5 nitrogen and oxygen atoms in total. The van der Waals surface area contributed by atoms with E-state index in [0.29, 0.717) is 5.89 Å². The first kappa shape index (κ1) is 14.1. The molecule has 4 rings (SSSR count). The molecule has 0 aromatic carbocycles. The molecule has 22 heavy (non-hydrogen) atoms. The molecule has 0 saturated carbocycles. The molecule has 0 amide bonds. The van der Waals surface area contributed by atoms with Gasteiger partial charge in [0, 0.05) is 31.2 Å². The number of hydrogen-bond donors (Lipinski definition) is 0. The topological polar surface area (TPSA) is 51.4 Å². The average molecular weight is 333 g/mol. The van der Waals surface area contributed by atoms with Crippen LogP contribution in [0.5, 0.6) is 0 Å². The Labute approximate surface area is 136 Å². The molecule has 3 aromatic heterocycles. The van der Waals surface area contributed by atoms with E-state index in [4.69, 9.17) is 9.15 Å². The Bertz CT molecular complexity index is 709. The minimum absolute atomic E-state index is 0.0671. The fourth-order valence-corrected chi connectivity index (χ4v) is 3.84. The predicted molar refractivity (Wildman–Crippen MR) is 85.9 cm³/mol. The van der Waals surface area contributed by atoms with Crippen molar-refractivity contribution in [2.24, 2.45) is 0 Å². The van der Waals surface area contributed by atoms with Crippen LogP contribution >= 0.6 is 22.7 Å². The molecule has 0 radical (unpaired) electrons. The Hall–Kier alpha value is -1.54. The second kappa shape index (κ2) is 6.29.